The molecule has 0 saturated carbocycles. The van der Waals surface area contributed by atoms with Gasteiger partial charge in [0.2, 0.25) is 0 Å². The standard InChI is InChI=1S/C24H27NO3/c1-5-28-23(26)19-11-8-17(9-12-19)6-7-18-10-13-21-20(16-18)22(25-27-4)14-15-24(21,2)3/h6-13,16H,5,14-15H2,1-4H3/b7-6+,25-22+. The average molecular weight is 377 g/mol. The molecule has 28 heavy (non-hydrogen) atoms. The zero-order valence-corrected chi connectivity index (χ0v) is 17.0. The van der Waals surface area contributed by atoms with Crippen molar-refractivity contribution in [3.8, 4) is 0 Å². The van der Waals surface area contributed by atoms with Crippen molar-refractivity contribution in [3.05, 3.63) is 70.3 Å². The fourth-order valence-corrected chi connectivity index (χ4v) is 3.54. The van der Waals surface area contributed by atoms with E-state index >= 15 is 0 Å². The fraction of sp³-hybridized carbons (Fsp3) is 0.333. The molecule has 0 unspecified atom stereocenters. The molecular formula is C24H27NO3. The smallest absolute Gasteiger partial charge is 0.338 e. The van der Waals surface area contributed by atoms with Crippen molar-refractivity contribution in [2.24, 2.45) is 5.16 Å². The number of oxime groups is 1. The van der Waals surface area contributed by atoms with Crippen molar-refractivity contribution in [1.29, 1.82) is 0 Å². The van der Waals surface area contributed by atoms with Crippen LogP contribution in [-0.4, -0.2) is 25.4 Å². The molecule has 0 bridgehead atoms. The summed E-state index contributed by atoms with van der Waals surface area (Å²) in [6, 6.07) is 13.9. The van der Waals surface area contributed by atoms with Crippen LogP contribution in [0.2, 0.25) is 0 Å². The van der Waals surface area contributed by atoms with E-state index in [4.69, 9.17) is 9.57 Å². The third kappa shape index (κ3) is 4.33. The molecule has 0 N–H and O–H groups in total. The normalized spacial score (nSPS) is 16.8. The third-order valence-corrected chi connectivity index (χ3v) is 5.16. The Labute approximate surface area is 166 Å². The third-order valence-electron chi connectivity index (χ3n) is 5.16. The summed E-state index contributed by atoms with van der Waals surface area (Å²) in [6.07, 6.45) is 6.09. The molecule has 1 aliphatic carbocycles. The van der Waals surface area contributed by atoms with E-state index in [0.717, 1.165) is 35.2 Å². The number of carbonyl (C=O) groups is 1. The van der Waals surface area contributed by atoms with Gasteiger partial charge in [-0.05, 0) is 60.1 Å². The second-order valence-corrected chi connectivity index (χ2v) is 7.59. The van der Waals surface area contributed by atoms with Crippen LogP contribution >= 0.6 is 0 Å². The maximum Gasteiger partial charge on any atom is 0.338 e. The molecule has 1 aliphatic rings. The van der Waals surface area contributed by atoms with Crippen LogP contribution in [0.5, 0.6) is 0 Å². The maximum atomic E-state index is 11.7. The van der Waals surface area contributed by atoms with E-state index in [0.29, 0.717) is 12.2 Å². The maximum absolute atomic E-state index is 11.7. The Morgan fingerprint density at radius 1 is 1.11 bits per heavy atom. The SMILES string of the molecule is CCOC(=O)c1ccc(/C=C/c2ccc3c(c2)/C(=N/OC)CCC3(C)C)cc1. The van der Waals surface area contributed by atoms with Crippen molar-refractivity contribution in [2.45, 2.75) is 39.0 Å². The van der Waals surface area contributed by atoms with E-state index in [2.05, 4.69) is 43.3 Å². The molecule has 0 atom stereocenters. The molecule has 0 saturated heterocycles. The summed E-state index contributed by atoms with van der Waals surface area (Å²) in [7, 11) is 1.59. The first-order valence-corrected chi connectivity index (χ1v) is 9.65. The molecule has 2 aromatic carbocycles. The number of hydrogen-bond acceptors (Lipinski definition) is 4. The summed E-state index contributed by atoms with van der Waals surface area (Å²) >= 11 is 0. The van der Waals surface area contributed by atoms with Crippen LogP contribution in [0.3, 0.4) is 0 Å². The molecule has 0 radical (unpaired) electrons. The monoisotopic (exact) mass is 377 g/mol. The van der Waals surface area contributed by atoms with Crippen molar-refractivity contribution in [1.82, 2.24) is 0 Å². The molecule has 0 spiro atoms. The Morgan fingerprint density at radius 3 is 2.46 bits per heavy atom. The van der Waals surface area contributed by atoms with E-state index < -0.39 is 0 Å². The minimum absolute atomic E-state index is 0.132. The lowest BCUT2D eigenvalue weighted by atomic mass is 9.71. The van der Waals surface area contributed by atoms with Crippen LogP contribution < -0.4 is 0 Å². The highest BCUT2D eigenvalue weighted by molar-refractivity contribution is 6.03. The van der Waals surface area contributed by atoms with Crippen LogP contribution in [0, 0.1) is 0 Å². The highest BCUT2D eigenvalue weighted by Crippen LogP contribution is 2.37. The lowest BCUT2D eigenvalue weighted by Crippen LogP contribution is -2.27. The van der Waals surface area contributed by atoms with Gasteiger partial charge in [0, 0.05) is 5.56 Å². The first kappa shape index (κ1) is 19.9. The molecule has 0 amide bonds. The quantitative estimate of drug-likeness (QED) is 0.395. The fourth-order valence-electron chi connectivity index (χ4n) is 3.54. The minimum atomic E-state index is -0.291. The number of ether oxygens (including phenoxy) is 1. The molecule has 146 valence electrons. The summed E-state index contributed by atoms with van der Waals surface area (Å²) in [5.74, 6) is -0.291. The summed E-state index contributed by atoms with van der Waals surface area (Å²) in [6.45, 7) is 6.73. The Hall–Kier alpha value is -2.88. The Balaban J connectivity index is 1.84. The van der Waals surface area contributed by atoms with Crippen LogP contribution in [0.4, 0.5) is 0 Å². The molecule has 0 fully saturated rings. The van der Waals surface area contributed by atoms with Crippen LogP contribution in [0.15, 0.2) is 47.6 Å². The Kier molecular flexibility index (Phi) is 5.98. The zero-order chi connectivity index (χ0) is 20.1. The van der Waals surface area contributed by atoms with Gasteiger partial charge in [-0.2, -0.15) is 0 Å². The van der Waals surface area contributed by atoms with Crippen molar-refractivity contribution >= 4 is 23.8 Å². The van der Waals surface area contributed by atoms with Gasteiger partial charge in [-0.15, -0.1) is 0 Å². The minimum Gasteiger partial charge on any atom is -0.462 e. The van der Waals surface area contributed by atoms with E-state index in [-0.39, 0.29) is 11.4 Å². The van der Waals surface area contributed by atoms with Gasteiger partial charge in [-0.25, -0.2) is 4.79 Å². The van der Waals surface area contributed by atoms with E-state index in [1.165, 1.54) is 5.56 Å². The first-order chi connectivity index (χ1) is 13.4. The number of benzene rings is 2. The molecule has 0 aromatic heterocycles. The molecule has 4 nitrogen and oxygen atoms in total. The van der Waals surface area contributed by atoms with Crippen molar-refractivity contribution in [2.75, 3.05) is 13.7 Å². The number of hydrogen-bond donors (Lipinski definition) is 0. The van der Waals surface area contributed by atoms with Gasteiger partial charge in [-0.1, -0.05) is 55.4 Å². The Bertz CT molecular complexity index is 908. The highest BCUT2D eigenvalue weighted by atomic mass is 16.6. The second-order valence-electron chi connectivity index (χ2n) is 7.59. The first-order valence-electron chi connectivity index (χ1n) is 9.65. The van der Waals surface area contributed by atoms with Crippen molar-refractivity contribution in [3.63, 3.8) is 0 Å². The van der Waals surface area contributed by atoms with Crippen LogP contribution in [-0.2, 0) is 15.0 Å². The Morgan fingerprint density at radius 2 is 1.79 bits per heavy atom. The van der Waals surface area contributed by atoms with Gasteiger partial charge in [0.05, 0.1) is 17.9 Å². The largest absolute Gasteiger partial charge is 0.462 e. The zero-order valence-electron chi connectivity index (χ0n) is 17.0. The van der Waals surface area contributed by atoms with E-state index in [1.54, 1.807) is 26.2 Å². The lowest BCUT2D eigenvalue weighted by Gasteiger charge is -2.33. The average Bonchev–Trinajstić information content (AvgIpc) is 2.69. The van der Waals surface area contributed by atoms with Gasteiger partial charge in [0.1, 0.15) is 7.11 Å². The van der Waals surface area contributed by atoms with Crippen LogP contribution in [0.1, 0.15) is 66.2 Å². The van der Waals surface area contributed by atoms with Crippen molar-refractivity contribution < 1.29 is 14.4 Å². The number of nitrogens with zero attached hydrogens (tertiary/aromatic N) is 1. The van der Waals surface area contributed by atoms with Gasteiger partial charge in [-0.3, -0.25) is 0 Å². The van der Waals surface area contributed by atoms with E-state index in [9.17, 15) is 4.79 Å². The molecule has 4 heteroatoms. The highest BCUT2D eigenvalue weighted by Gasteiger charge is 2.30. The number of esters is 1. The summed E-state index contributed by atoms with van der Waals surface area (Å²) in [4.78, 5) is 16.8. The topological polar surface area (TPSA) is 47.9 Å². The van der Waals surface area contributed by atoms with Gasteiger partial charge in [0.15, 0.2) is 0 Å². The molecule has 0 aliphatic heterocycles. The summed E-state index contributed by atoms with van der Waals surface area (Å²) in [5, 5.41) is 4.24. The summed E-state index contributed by atoms with van der Waals surface area (Å²) < 4.78 is 5.02. The lowest BCUT2D eigenvalue weighted by molar-refractivity contribution is 0.0526. The predicted molar refractivity (Wildman–Crippen MR) is 114 cm³/mol. The number of carbonyl (C=O) groups excluding carboxylic acids is 1. The predicted octanol–water partition coefficient (Wildman–Crippen LogP) is 5.46. The molecule has 3 rings (SSSR count). The molecule has 2 aromatic rings. The van der Waals surface area contributed by atoms with E-state index in [1.807, 2.05) is 18.2 Å². The molecule has 0 heterocycles. The second kappa shape index (κ2) is 8.42. The number of fused-ring (bicyclic) bond motifs is 1. The van der Waals surface area contributed by atoms with Crippen LogP contribution in [0.25, 0.3) is 12.2 Å². The number of rotatable bonds is 5. The van der Waals surface area contributed by atoms with Gasteiger partial charge < -0.3 is 9.57 Å². The molecular weight excluding hydrogens is 350 g/mol. The summed E-state index contributed by atoms with van der Waals surface area (Å²) in [5.41, 5.74) is 6.31. The van der Waals surface area contributed by atoms with Gasteiger partial charge in [0.25, 0.3) is 0 Å². The van der Waals surface area contributed by atoms with Gasteiger partial charge >= 0.3 is 5.97 Å².